The molecule has 0 aliphatic heterocycles. The number of carbonyl (C=O) groups is 2. The molecule has 26 heavy (non-hydrogen) atoms. The molecule has 3 rings (SSSR count). The fourth-order valence-corrected chi connectivity index (χ4v) is 4.20. The lowest BCUT2D eigenvalue weighted by molar-refractivity contribution is -0.133. The van der Waals surface area contributed by atoms with E-state index in [0.717, 1.165) is 57.8 Å². The Bertz CT molecular complexity index is 616. The second-order valence-electron chi connectivity index (χ2n) is 7.49. The van der Waals surface area contributed by atoms with E-state index >= 15 is 0 Å². The quantitative estimate of drug-likeness (QED) is 0.745. The summed E-state index contributed by atoms with van der Waals surface area (Å²) in [5, 5.41) is 17.6. The predicted molar refractivity (Wildman–Crippen MR) is 96.0 cm³/mol. The molecule has 0 saturated heterocycles. The standard InChI is InChI=1S/C18H28N6O2/c1-2-16(25)19-12-14-6-8-15(9-7-14)21-17(26)18(10-4-3-5-11-18)24-13-20-22-23-24/h2,13-15H,1,3-12H2,(H,19,25)(H,21,26). The molecule has 2 aliphatic carbocycles. The van der Waals surface area contributed by atoms with Crippen molar-refractivity contribution >= 4 is 11.8 Å². The van der Waals surface area contributed by atoms with Crippen molar-refractivity contribution in [2.75, 3.05) is 6.54 Å². The third-order valence-corrected chi connectivity index (χ3v) is 5.82. The van der Waals surface area contributed by atoms with E-state index in [1.54, 1.807) is 11.0 Å². The summed E-state index contributed by atoms with van der Waals surface area (Å²) in [6.45, 7) is 4.15. The van der Waals surface area contributed by atoms with Gasteiger partial charge in [-0.05, 0) is 60.9 Å². The van der Waals surface area contributed by atoms with Gasteiger partial charge in [0, 0.05) is 12.6 Å². The molecule has 2 N–H and O–H groups in total. The van der Waals surface area contributed by atoms with Gasteiger partial charge < -0.3 is 10.6 Å². The van der Waals surface area contributed by atoms with Gasteiger partial charge in [0.25, 0.3) is 0 Å². The van der Waals surface area contributed by atoms with Gasteiger partial charge in [-0.25, -0.2) is 4.68 Å². The fraction of sp³-hybridized carbons (Fsp3) is 0.722. The summed E-state index contributed by atoms with van der Waals surface area (Å²) < 4.78 is 1.65. The van der Waals surface area contributed by atoms with Gasteiger partial charge in [0.2, 0.25) is 11.8 Å². The van der Waals surface area contributed by atoms with E-state index < -0.39 is 5.54 Å². The minimum absolute atomic E-state index is 0.0490. The highest BCUT2D eigenvalue weighted by Crippen LogP contribution is 2.35. The molecule has 0 spiro atoms. The number of aromatic nitrogens is 4. The average Bonchev–Trinajstić information content (AvgIpc) is 3.23. The van der Waals surface area contributed by atoms with Gasteiger partial charge in [-0.2, -0.15) is 0 Å². The van der Waals surface area contributed by atoms with Crippen molar-refractivity contribution < 1.29 is 9.59 Å². The Labute approximate surface area is 153 Å². The van der Waals surface area contributed by atoms with Crippen LogP contribution in [0.2, 0.25) is 0 Å². The molecule has 2 amide bonds. The molecule has 0 atom stereocenters. The van der Waals surface area contributed by atoms with E-state index in [4.69, 9.17) is 0 Å². The zero-order valence-corrected chi connectivity index (χ0v) is 15.2. The van der Waals surface area contributed by atoms with Crippen LogP contribution in [0.25, 0.3) is 0 Å². The van der Waals surface area contributed by atoms with Crippen molar-refractivity contribution in [3.05, 3.63) is 19.0 Å². The van der Waals surface area contributed by atoms with Crippen molar-refractivity contribution in [1.82, 2.24) is 30.8 Å². The summed E-state index contributed by atoms with van der Waals surface area (Å²) in [5.41, 5.74) is -0.642. The highest BCUT2D eigenvalue weighted by molar-refractivity contribution is 5.86. The summed E-state index contributed by atoms with van der Waals surface area (Å²) in [4.78, 5) is 24.4. The van der Waals surface area contributed by atoms with Crippen molar-refractivity contribution in [3.8, 4) is 0 Å². The van der Waals surface area contributed by atoms with Crippen LogP contribution in [0.4, 0.5) is 0 Å². The number of nitrogens with zero attached hydrogens (tertiary/aromatic N) is 4. The molecule has 0 radical (unpaired) electrons. The molecule has 2 saturated carbocycles. The molecule has 1 aromatic rings. The number of hydrogen-bond acceptors (Lipinski definition) is 5. The molecule has 142 valence electrons. The van der Waals surface area contributed by atoms with Gasteiger partial charge in [0.1, 0.15) is 11.9 Å². The first kappa shape index (κ1) is 18.5. The lowest BCUT2D eigenvalue weighted by atomic mass is 9.80. The van der Waals surface area contributed by atoms with Crippen LogP contribution in [-0.4, -0.2) is 44.6 Å². The molecular weight excluding hydrogens is 332 g/mol. The van der Waals surface area contributed by atoms with Crippen LogP contribution in [-0.2, 0) is 15.1 Å². The largest absolute Gasteiger partial charge is 0.352 e. The normalized spacial score (nSPS) is 25.2. The van der Waals surface area contributed by atoms with Gasteiger partial charge in [-0.15, -0.1) is 5.10 Å². The topological polar surface area (TPSA) is 102 Å². The van der Waals surface area contributed by atoms with Gasteiger partial charge in [-0.3, -0.25) is 9.59 Å². The monoisotopic (exact) mass is 360 g/mol. The lowest BCUT2D eigenvalue weighted by Crippen LogP contribution is -2.53. The Morgan fingerprint density at radius 1 is 1.19 bits per heavy atom. The summed E-state index contributed by atoms with van der Waals surface area (Å²) in [7, 11) is 0. The maximum absolute atomic E-state index is 13.1. The first-order valence-corrected chi connectivity index (χ1v) is 9.59. The average molecular weight is 360 g/mol. The third-order valence-electron chi connectivity index (χ3n) is 5.82. The van der Waals surface area contributed by atoms with E-state index in [2.05, 4.69) is 32.7 Å². The Balaban J connectivity index is 1.54. The molecule has 0 aromatic carbocycles. The maximum atomic E-state index is 13.1. The van der Waals surface area contributed by atoms with Gasteiger partial charge in [0.15, 0.2) is 0 Å². The zero-order valence-electron chi connectivity index (χ0n) is 15.2. The molecule has 2 fully saturated rings. The molecular formula is C18H28N6O2. The first-order chi connectivity index (χ1) is 12.6. The highest BCUT2D eigenvalue weighted by Gasteiger charge is 2.43. The summed E-state index contributed by atoms with van der Waals surface area (Å²) in [6.07, 6.45) is 11.5. The molecule has 1 aromatic heterocycles. The van der Waals surface area contributed by atoms with E-state index in [1.807, 2.05) is 0 Å². The maximum Gasteiger partial charge on any atom is 0.248 e. The van der Waals surface area contributed by atoms with Crippen LogP contribution in [0.15, 0.2) is 19.0 Å². The van der Waals surface area contributed by atoms with Crippen molar-refractivity contribution in [3.63, 3.8) is 0 Å². The molecule has 1 heterocycles. The number of amides is 2. The van der Waals surface area contributed by atoms with Gasteiger partial charge in [-0.1, -0.05) is 25.8 Å². The summed E-state index contributed by atoms with van der Waals surface area (Å²) in [6, 6.07) is 0.184. The number of rotatable bonds is 6. The molecule has 2 aliphatic rings. The van der Waals surface area contributed by atoms with Crippen molar-refractivity contribution in [1.29, 1.82) is 0 Å². The number of tetrazole rings is 1. The van der Waals surface area contributed by atoms with Crippen molar-refractivity contribution in [2.45, 2.75) is 69.4 Å². The zero-order chi connectivity index (χ0) is 18.4. The van der Waals surface area contributed by atoms with Crippen LogP contribution in [0.1, 0.15) is 57.8 Å². The van der Waals surface area contributed by atoms with Crippen LogP contribution in [0, 0.1) is 5.92 Å². The minimum Gasteiger partial charge on any atom is -0.352 e. The second kappa shape index (κ2) is 8.42. The molecule has 8 heteroatoms. The third kappa shape index (κ3) is 4.11. The Morgan fingerprint density at radius 2 is 1.92 bits per heavy atom. The van der Waals surface area contributed by atoms with E-state index in [-0.39, 0.29) is 17.9 Å². The van der Waals surface area contributed by atoms with Crippen LogP contribution >= 0.6 is 0 Å². The Kier molecular flexibility index (Phi) is 6.00. The second-order valence-corrected chi connectivity index (χ2v) is 7.49. The number of carbonyl (C=O) groups excluding carboxylic acids is 2. The van der Waals surface area contributed by atoms with Gasteiger partial charge in [0.05, 0.1) is 0 Å². The molecule has 0 bridgehead atoms. The van der Waals surface area contributed by atoms with E-state index in [9.17, 15) is 9.59 Å². The number of nitrogens with one attached hydrogen (secondary N) is 2. The molecule has 0 unspecified atom stereocenters. The first-order valence-electron chi connectivity index (χ1n) is 9.59. The van der Waals surface area contributed by atoms with Crippen LogP contribution in [0.3, 0.4) is 0 Å². The van der Waals surface area contributed by atoms with Crippen LogP contribution in [0.5, 0.6) is 0 Å². The Hall–Kier alpha value is -2.25. The fourth-order valence-electron chi connectivity index (χ4n) is 4.20. The number of hydrogen-bond donors (Lipinski definition) is 2. The summed E-state index contributed by atoms with van der Waals surface area (Å²) in [5.74, 6) is 0.393. The van der Waals surface area contributed by atoms with Gasteiger partial charge >= 0.3 is 0 Å². The highest BCUT2D eigenvalue weighted by atomic mass is 16.2. The summed E-state index contributed by atoms with van der Waals surface area (Å²) >= 11 is 0. The van der Waals surface area contributed by atoms with Crippen molar-refractivity contribution in [2.24, 2.45) is 5.92 Å². The van der Waals surface area contributed by atoms with Crippen LogP contribution < -0.4 is 10.6 Å². The van der Waals surface area contributed by atoms with E-state index in [1.165, 1.54) is 6.08 Å². The SMILES string of the molecule is C=CC(=O)NCC1CCC(NC(=O)C2(n3cnnn3)CCCCC2)CC1. The Morgan fingerprint density at radius 3 is 2.54 bits per heavy atom. The predicted octanol–water partition coefficient (Wildman–Crippen LogP) is 1.31. The molecule has 8 nitrogen and oxygen atoms in total. The lowest BCUT2D eigenvalue weighted by Gasteiger charge is -2.37. The smallest absolute Gasteiger partial charge is 0.248 e. The minimum atomic E-state index is -0.642. The van der Waals surface area contributed by atoms with E-state index in [0.29, 0.717) is 12.5 Å².